The van der Waals surface area contributed by atoms with Crippen LogP contribution in [0.15, 0.2) is 102 Å². The van der Waals surface area contributed by atoms with Gasteiger partial charge in [-0.1, -0.05) is 71.9 Å². The summed E-state index contributed by atoms with van der Waals surface area (Å²) in [7, 11) is 0. The summed E-state index contributed by atoms with van der Waals surface area (Å²) in [6.07, 6.45) is 1.24. The monoisotopic (exact) mass is 492 g/mol. The predicted octanol–water partition coefficient (Wildman–Crippen LogP) is 5.73. The van der Waals surface area contributed by atoms with E-state index >= 15 is 0 Å². The second-order valence-corrected chi connectivity index (χ2v) is 8.85. The van der Waals surface area contributed by atoms with Crippen LogP contribution in [0.4, 0.5) is 11.5 Å². The highest BCUT2D eigenvalue weighted by atomic mass is 16.5. The van der Waals surface area contributed by atoms with E-state index in [1.165, 1.54) is 0 Å². The number of aromatic nitrogens is 1. The van der Waals surface area contributed by atoms with Crippen LogP contribution in [0.3, 0.4) is 0 Å². The van der Waals surface area contributed by atoms with E-state index in [0.717, 1.165) is 17.0 Å². The van der Waals surface area contributed by atoms with Crippen molar-refractivity contribution in [3.05, 3.63) is 119 Å². The largest absolute Gasteiger partial charge is 0.492 e. The number of rotatable bonds is 8. The molecular formula is C30H28N4O3. The number of oxime groups is 1. The number of carbonyl (C=O) groups is 1. The number of amides is 1. The second kappa shape index (κ2) is 11.4. The summed E-state index contributed by atoms with van der Waals surface area (Å²) >= 11 is 0. The van der Waals surface area contributed by atoms with Crippen LogP contribution in [0.2, 0.25) is 0 Å². The molecule has 0 bridgehead atoms. The van der Waals surface area contributed by atoms with Gasteiger partial charge in [0, 0.05) is 17.7 Å². The van der Waals surface area contributed by atoms with Gasteiger partial charge in [-0.05, 0) is 48.2 Å². The number of nitrogens with zero attached hydrogens (tertiary/aromatic N) is 2. The maximum Gasteiger partial charge on any atom is 0.259 e. The van der Waals surface area contributed by atoms with Gasteiger partial charge in [0.25, 0.3) is 5.91 Å². The van der Waals surface area contributed by atoms with Crippen LogP contribution < -0.4 is 15.4 Å². The smallest absolute Gasteiger partial charge is 0.259 e. The standard InChI is InChI=1S/C30H28N4O3/c35-30(32-23-12-6-2-7-13-23)26-20-25-27(18-22(19-28(25)34-36)21-10-4-1-5-11-21)33-29(26)31-16-17-37-24-14-8-3-9-15-24/h1-15,20,22,36H,16-19H2,(H,31,33)(H,32,35). The van der Waals surface area contributed by atoms with E-state index in [4.69, 9.17) is 9.72 Å². The van der Waals surface area contributed by atoms with Crippen LogP contribution >= 0.6 is 0 Å². The van der Waals surface area contributed by atoms with Crippen molar-refractivity contribution in [2.24, 2.45) is 5.16 Å². The van der Waals surface area contributed by atoms with Crippen molar-refractivity contribution < 1.29 is 14.7 Å². The lowest BCUT2D eigenvalue weighted by atomic mass is 9.81. The first kappa shape index (κ1) is 24.1. The van der Waals surface area contributed by atoms with Crippen LogP contribution in [-0.2, 0) is 6.42 Å². The first-order valence-electron chi connectivity index (χ1n) is 12.3. The Labute approximate surface area is 215 Å². The number of hydrogen-bond acceptors (Lipinski definition) is 6. The summed E-state index contributed by atoms with van der Waals surface area (Å²) in [5.74, 6) is 1.08. The van der Waals surface area contributed by atoms with Crippen molar-refractivity contribution >= 4 is 23.1 Å². The van der Waals surface area contributed by atoms with Gasteiger partial charge in [-0.15, -0.1) is 0 Å². The van der Waals surface area contributed by atoms with Crippen LogP contribution in [-0.4, -0.2) is 35.0 Å². The van der Waals surface area contributed by atoms with Gasteiger partial charge < -0.3 is 20.6 Å². The van der Waals surface area contributed by atoms with Crippen molar-refractivity contribution in [1.29, 1.82) is 0 Å². The molecule has 1 aliphatic rings. The van der Waals surface area contributed by atoms with Gasteiger partial charge in [-0.2, -0.15) is 0 Å². The van der Waals surface area contributed by atoms with Crippen LogP contribution in [0.1, 0.15) is 39.5 Å². The van der Waals surface area contributed by atoms with Crippen molar-refractivity contribution in [2.75, 3.05) is 23.8 Å². The van der Waals surface area contributed by atoms with Gasteiger partial charge in [0.2, 0.25) is 0 Å². The third kappa shape index (κ3) is 5.78. The minimum Gasteiger partial charge on any atom is -0.492 e. The number of fused-ring (bicyclic) bond motifs is 1. The van der Waals surface area contributed by atoms with E-state index in [1.54, 1.807) is 6.07 Å². The minimum atomic E-state index is -0.296. The Morgan fingerprint density at radius 1 is 0.946 bits per heavy atom. The van der Waals surface area contributed by atoms with Gasteiger partial charge in [-0.25, -0.2) is 4.98 Å². The third-order valence-electron chi connectivity index (χ3n) is 6.37. The Morgan fingerprint density at radius 2 is 1.62 bits per heavy atom. The number of nitrogens with one attached hydrogen (secondary N) is 2. The molecule has 7 heteroatoms. The number of anilines is 2. The third-order valence-corrected chi connectivity index (χ3v) is 6.37. The fraction of sp³-hybridized carbons (Fsp3) is 0.167. The summed E-state index contributed by atoms with van der Waals surface area (Å²) in [5, 5.41) is 19.7. The lowest BCUT2D eigenvalue weighted by Gasteiger charge is -2.26. The average molecular weight is 493 g/mol. The number of hydrogen-bond donors (Lipinski definition) is 3. The molecule has 4 aromatic rings. The maximum absolute atomic E-state index is 13.3. The lowest BCUT2D eigenvalue weighted by Crippen LogP contribution is -2.25. The second-order valence-electron chi connectivity index (χ2n) is 8.85. The average Bonchev–Trinajstić information content (AvgIpc) is 2.95. The van der Waals surface area contributed by atoms with E-state index in [1.807, 2.05) is 78.9 Å². The molecule has 0 spiro atoms. The quantitative estimate of drug-likeness (QED) is 0.166. The van der Waals surface area contributed by atoms with E-state index < -0.39 is 0 Å². The van der Waals surface area contributed by atoms with Crippen LogP contribution in [0.5, 0.6) is 5.75 Å². The summed E-state index contributed by atoms with van der Waals surface area (Å²) in [6.45, 7) is 0.855. The molecule has 3 N–H and O–H groups in total. The highest BCUT2D eigenvalue weighted by Crippen LogP contribution is 2.34. The lowest BCUT2D eigenvalue weighted by molar-refractivity contribution is 0.102. The summed E-state index contributed by atoms with van der Waals surface area (Å²) in [4.78, 5) is 18.2. The van der Waals surface area contributed by atoms with Gasteiger partial charge in [0.05, 0.1) is 23.5 Å². The summed E-state index contributed by atoms with van der Waals surface area (Å²) in [5.41, 5.74) is 4.23. The summed E-state index contributed by atoms with van der Waals surface area (Å²) < 4.78 is 5.80. The number of carbonyl (C=O) groups excluding carboxylic acids is 1. The normalized spacial score (nSPS) is 15.6. The molecule has 0 saturated carbocycles. The molecule has 1 aliphatic carbocycles. The van der Waals surface area contributed by atoms with Gasteiger partial charge >= 0.3 is 0 Å². The van der Waals surface area contributed by atoms with Crippen molar-refractivity contribution in [2.45, 2.75) is 18.8 Å². The molecule has 0 fully saturated rings. The predicted molar refractivity (Wildman–Crippen MR) is 145 cm³/mol. The zero-order valence-electron chi connectivity index (χ0n) is 20.3. The number of para-hydroxylation sites is 2. The van der Waals surface area contributed by atoms with E-state index in [-0.39, 0.29) is 11.8 Å². The molecule has 37 heavy (non-hydrogen) atoms. The Balaban J connectivity index is 1.43. The molecule has 0 saturated heterocycles. The first-order valence-corrected chi connectivity index (χ1v) is 12.3. The molecule has 1 amide bonds. The minimum absolute atomic E-state index is 0.130. The van der Waals surface area contributed by atoms with E-state index in [0.29, 0.717) is 54.3 Å². The van der Waals surface area contributed by atoms with Crippen molar-refractivity contribution in [3.8, 4) is 5.75 Å². The maximum atomic E-state index is 13.3. The van der Waals surface area contributed by atoms with Gasteiger partial charge in [0.15, 0.2) is 0 Å². The first-order chi connectivity index (χ1) is 18.2. The fourth-order valence-electron chi connectivity index (χ4n) is 4.54. The van der Waals surface area contributed by atoms with Crippen LogP contribution in [0.25, 0.3) is 0 Å². The zero-order chi connectivity index (χ0) is 25.5. The molecule has 1 heterocycles. The number of benzene rings is 3. The van der Waals surface area contributed by atoms with Crippen molar-refractivity contribution in [3.63, 3.8) is 0 Å². The Bertz CT molecular complexity index is 1380. The summed E-state index contributed by atoms with van der Waals surface area (Å²) in [6, 6.07) is 30.8. The van der Waals surface area contributed by atoms with Gasteiger partial charge in [-0.3, -0.25) is 4.79 Å². The van der Waals surface area contributed by atoms with E-state index in [9.17, 15) is 10.0 Å². The van der Waals surface area contributed by atoms with Crippen LogP contribution in [0, 0.1) is 0 Å². The molecule has 0 aliphatic heterocycles. The topological polar surface area (TPSA) is 95.8 Å². The molecule has 186 valence electrons. The molecule has 5 rings (SSSR count). The Hall–Kier alpha value is -4.65. The molecule has 1 atom stereocenters. The number of pyridine rings is 1. The van der Waals surface area contributed by atoms with E-state index in [2.05, 4.69) is 27.9 Å². The number of ether oxygens (including phenoxy) is 1. The molecule has 1 aromatic heterocycles. The Kier molecular flexibility index (Phi) is 7.41. The van der Waals surface area contributed by atoms with Gasteiger partial charge in [0.1, 0.15) is 18.2 Å². The van der Waals surface area contributed by atoms with Crippen molar-refractivity contribution in [1.82, 2.24) is 4.98 Å². The zero-order valence-corrected chi connectivity index (χ0v) is 20.3. The molecular weight excluding hydrogens is 464 g/mol. The fourth-order valence-corrected chi connectivity index (χ4v) is 4.54. The molecule has 1 unspecified atom stereocenters. The molecule has 7 nitrogen and oxygen atoms in total. The highest BCUT2D eigenvalue weighted by molar-refractivity contribution is 6.10. The Morgan fingerprint density at radius 3 is 2.32 bits per heavy atom. The highest BCUT2D eigenvalue weighted by Gasteiger charge is 2.29. The molecule has 3 aromatic carbocycles. The molecule has 0 radical (unpaired) electrons. The SMILES string of the molecule is O=C(Nc1ccccc1)c1cc2c(nc1NCCOc1ccccc1)CC(c1ccccc1)CC2=NO.